The fraction of sp³-hybridized carbons (Fsp3) is 1.00. The van der Waals surface area contributed by atoms with E-state index in [0.717, 1.165) is 0 Å². The average molecular weight is 1180 g/mol. The number of nitrogens with zero attached hydrogens (tertiary/aromatic N) is 2. The van der Waals surface area contributed by atoms with Crippen molar-refractivity contribution in [2.24, 2.45) is 0 Å². The second-order valence-electron chi connectivity index (χ2n) is 10.7. The van der Waals surface area contributed by atoms with Gasteiger partial charge in [0.25, 0.3) is 0 Å². The third-order valence-corrected chi connectivity index (χ3v) is 12.9. The van der Waals surface area contributed by atoms with Gasteiger partial charge in [0.15, 0.2) is 40.1 Å². The molecule has 0 aromatic heterocycles. The van der Waals surface area contributed by atoms with Gasteiger partial charge in [-0.25, -0.2) is 33.7 Å². The smallest absolute Gasteiger partial charge is 0.425 e. The summed E-state index contributed by atoms with van der Waals surface area (Å²) in [4.78, 5) is 0. The maximum atomic E-state index is 13.2. The molecule has 51 heteroatoms. The van der Waals surface area contributed by atoms with E-state index in [-0.39, 0.29) is 31.3 Å². The van der Waals surface area contributed by atoms with Crippen molar-refractivity contribution in [2.45, 2.75) is 93.1 Å². The van der Waals surface area contributed by atoms with Gasteiger partial charge in [-0.2, -0.15) is 158 Å². The van der Waals surface area contributed by atoms with E-state index < -0.39 is 133 Å². The standard InChI is InChI=1S/2C8F18NO4S2.Mg/c2*9-1(10,5(17,18)19)3(13,14)7(23,24)32(28,29)27-33(30,31)8(25,26)4(15,16)2(11,12)6(20,21)22;/q2*-1;+2. The summed E-state index contributed by atoms with van der Waals surface area (Å²) in [5.74, 6) is -65.9. The number of sulfonamides is 4. The summed E-state index contributed by atoms with van der Waals surface area (Å²) in [5.41, 5.74) is 0. The summed E-state index contributed by atoms with van der Waals surface area (Å²) in [6, 6.07) is 0. The second kappa shape index (κ2) is 17.6. The Morgan fingerprint density at radius 1 is 0.194 bits per heavy atom. The van der Waals surface area contributed by atoms with Crippen LogP contribution in [0.1, 0.15) is 0 Å². The number of hydrogen-bond acceptors (Lipinski definition) is 8. The molecule has 0 fully saturated rings. The summed E-state index contributed by atoms with van der Waals surface area (Å²) in [5, 5.41) is -32.9. The van der Waals surface area contributed by atoms with Crippen LogP contribution < -0.4 is 0 Å². The molecule has 0 aromatic carbocycles. The molecule has 0 heterocycles. The Morgan fingerprint density at radius 2 is 0.284 bits per heavy atom. The first-order valence-electron chi connectivity index (χ1n) is 12.7. The maximum Gasteiger partial charge on any atom is 2.00 e. The van der Waals surface area contributed by atoms with Crippen molar-refractivity contribution in [3.8, 4) is 0 Å². The molecule has 10 nitrogen and oxygen atoms in total. The van der Waals surface area contributed by atoms with Crippen LogP contribution in [0.25, 0.3) is 8.25 Å². The van der Waals surface area contributed by atoms with Crippen LogP contribution in [0.5, 0.6) is 0 Å². The van der Waals surface area contributed by atoms with Gasteiger partial charge in [-0.15, -0.1) is 0 Å². The molecule has 0 spiro atoms. The Labute approximate surface area is 356 Å². The van der Waals surface area contributed by atoms with Crippen LogP contribution in [0.4, 0.5) is 158 Å². The first-order valence-corrected chi connectivity index (χ1v) is 18.4. The van der Waals surface area contributed by atoms with Crippen molar-refractivity contribution in [2.75, 3.05) is 0 Å². The molecular weight excluding hydrogens is 1180 g/mol. The summed E-state index contributed by atoms with van der Waals surface area (Å²) < 4.78 is 539. The Bertz CT molecular complexity index is 1930. The van der Waals surface area contributed by atoms with Gasteiger partial charge in [-0.05, 0) is 0 Å². The van der Waals surface area contributed by atoms with E-state index in [2.05, 4.69) is 0 Å². The SMILES string of the molecule is O=S(=O)([N-]S(=O)(=O)C(F)(F)C(F)(F)C(F)(F)C(F)(F)F)C(F)(F)C(F)(F)C(F)(F)C(F)(F)F.O=S(=O)([N-]S(=O)(=O)C(F)(F)C(F)(F)C(F)(F)C(F)(F)F)C(F)(F)C(F)(F)C(F)(F)C(F)(F)F.[Mg+2]. The van der Waals surface area contributed by atoms with Gasteiger partial charge in [-0.1, -0.05) is 0 Å². The molecule has 0 aliphatic carbocycles. The van der Waals surface area contributed by atoms with Gasteiger partial charge in [0.1, 0.15) is 0 Å². The van der Waals surface area contributed by atoms with Crippen molar-refractivity contribution >= 4 is 63.1 Å². The minimum absolute atomic E-state index is 0. The summed E-state index contributed by atoms with van der Waals surface area (Å²) in [6.45, 7) is 0. The molecule has 0 saturated carbocycles. The fourth-order valence-corrected chi connectivity index (χ4v) is 7.91. The minimum Gasteiger partial charge on any atom is -0.425 e. The Kier molecular flexibility index (Phi) is 18.2. The van der Waals surface area contributed by atoms with E-state index in [4.69, 9.17) is 0 Å². The summed E-state index contributed by atoms with van der Waals surface area (Å²) in [6.07, 6.45) is -31.1. The molecule has 67 heavy (non-hydrogen) atoms. The molecule has 0 rings (SSSR count). The van der Waals surface area contributed by atoms with Crippen molar-refractivity contribution in [1.29, 1.82) is 0 Å². The molecule has 0 unspecified atom stereocenters. The number of alkyl halides is 36. The van der Waals surface area contributed by atoms with E-state index in [1.54, 1.807) is 0 Å². The van der Waals surface area contributed by atoms with Crippen LogP contribution in [0, 0.1) is 0 Å². The molecule has 0 N–H and O–H groups in total. The molecular formula is C16F36MgN2O8S4. The molecule has 0 saturated heterocycles. The Hall–Kier alpha value is -2.03. The van der Waals surface area contributed by atoms with Gasteiger partial charge in [0.2, 0.25) is 0 Å². The van der Waals surface area contributed by atoms with E-state index in [9.17, 15) is 192 Å². The number of halogens is 36. The predicted octanol–water partition coefficient (Wildman–Crippen LogP) is 9.36. The molecule has 400 valence electrons. The zero-order chi connectivity index (χ0) is 55.4. The van der Waals surface area contributed by atoms with Crippen LogP contribution >= 0.6 is 0 Å². The van der Waals surface area contributed by atoms with E-state index in [0.29, 0.717) is 0 Å². The first-order chi connectivity index (χ1) is 27.4. The number of rotatable bonds is 16. The van der Waals surface area contributed by atoms with Crippen LogP contribution in [0.15, 0.2) is 0 Å². The summed E-state index contributed by atoms with van der Waals surface area (Å²) >= 11 is 0. The van der Waals surface area contributed by atoms with Crippen molar-refractivity contribution in [3.05, 3.63) is 8.25 Å². The monoisotopic (exact) mass is 1180 g/mol. The first kappa shape index (κ1) is 69.2. The van der Waals surface area contributed by atoms with Crippen molar-refractivity contribution in [3.63, 3.8) is 0 Å². The second-order valence-corrected chi connectivity index (χ2v) is 17.7. The maximum absolute atomic E-state index is 13.2. The molecule has 0 amide bonds. The largest absolute Gasteiger partial charge is 2.00 e. The summed E-state index contributed by atoms with van der Waals surface area (Å²) in [7, 11) is -35.2. The van der Waals surface area contributed by atoms with Gasteiger partial charge in [0, 0.05) is 0 Å². The van der Waals surface area contributed by atoms with E-state index >= 15 is 0 Å². The molecule has 0 aromatic rings. The van der Waals surface area contributed by atoms with Gasteiger partial charge in [0.05, 0.1) is 0 Å². The third-order valence-electron chi connectivity index (χ3n) is 6.15. The van der Waals surface area contributed by atoms with Crippen LogP contribution in [0.2, 0.25) is 0 Å². The van der Waals surface area contributed by atoms with E-state index in [1.165, 1.54) is 0 Å². The predicted molar refractivity (Wildman–Crippen MR) is 132 cm³/mol. The van der Waals surface area contributed by atoms with Crippen molar-refractivity contribution < 1.29 is 192 Å². The number of hydrogen-bond donors (Lipinski definition) is 0. The molecule has 0 atom stereocenters. The zero-order valence-corrected chi connectivity index (χ0v) is 32.8. The van der Waals surface area contributed by atoms with Crippen LogP contribution in [-0.2, 0) is 40.1 Å². The van der Waals surface area contributed by atoms with Crippen LogP contribution in [-0.4, -0.2) is 150 Å². The Morgan fingerprint density at radius 3 is 0.358 bits per heavy atom. The van der Waals surface area contributed by atoms with Gasteiger partial charge in [-0.3, -0.25) is 0 Å². The molecule has 0 bridgehead atoms. The average Bonchev–Trinajstić information content (AvgIpc) is 3.00. The normalized spacial score (nSPS) is 16.5. The quantitative estimate of drug-likeness (QED) is 0.109. The van der Waals surface area contributed by atoms with E-state index in [1.807, 2.05) is 0 Å². The molecule has 0 aliphatic rings. The van der Waals surface area contributed by atoms with Gasteiger partial charge < -0.3 is 8.25 Å². The minimum atomic E-state index is -8.81. The zero-order valence-electron chi connectivity index (χ0n) is 28.1. The van der Waals surface area contributed by atoms with Crippen molar-refractivity contribution in [1.82, 2.24) is 0 Å². The topological polar surface area (TPSA) is 165 Å². The van der Waals surface area contributed by atoms with Gasteiger partial charge >= 0.3 is 116 Å². The molecule has 0 aliphatic heterocycles. The Balaban J connectivity index is -0.00000120. The molecule has 0 radical (unpaired) electrons. The van der Waals surface area contributed by atoms with Crippen LogP contribution in [0.3, 0.4) is 0 Å². The fourth-order valence-electron chi connectivity index (χ4n) is 2.54. The third kappa shape index (κ3) is 10.4.